The fraction of sp³-hybridized carbons (Fsp3) is 0.286. The summed E-state index contributed by atoms with van der Waals surface area (Å²) in [6.45, 7) is 4.91. The van der Waals surface area contributed by atoms with Crippen LogP contribution in [-0.2, 0) is 11.2 Å². The number of carbonyl (C=O) groups excluding carboxylic acids is 1. The highest BCUT2D eigenvalue weighted by Gasteiger charge is 2.06. The van der Waals surface area contributed by atoms with Gasteiger partial charge in [-0.1, -0.05) is 61.6 Å². The van der Waals surface area contributed by atoms with E-state index in [4.69, 9.17) is 0 Å². The summed E-state index contributed by atoms with van der Waals surface area (Å²) in [4.78, 5) is 12.0. The van der Waals surface area contributed by atoms with Crippen LogP contribution in [0.25, 0.3) is 0 Å². The minimum atomic E-state index is 0.0589. The molecule has 0 heterocycles. The maximum Gasteiger partial charge on any atom is 0.224 e. The Kier molecular flexibility index (Phi) is 6.44. The van der Waals surface area contributed by atoms with Crippen molar-refractivity contribution in [2.24, 2.45) is 0 Å². The van der Waals surface area contributed by atoms with Gasteiger partial charge in [-0.15, -0.1) is 0 Å². The Morgan fingerprint density at radius 2 is 1.65 bits per heavy atom. The summed E-state index contributed by atoms with van der Waals surface area (Å²) < 4.78 is 0. The van der Waals surface area contributed by atoms with Gasteiger partial charge < -0.3 is 5.32 Å². The van der Waals surface area contributed by atoms with E-state index in [2.05, 4.69) is 37.1 Å². The van der Waals surface area contributed by atoms with Gasteiger partial charge in [0.1, 0.15) is 0 Å². The molecule has 0 saturated heterocycles. The van der Waals surface area contributed by atoms with E-state index in [1.54, 1.807) is 0 Å². The standard InChI is InChI=1S/C21H23NO/c1-3-4-15-22-21(23)16-20-12-8-7-11-19(20)14-13-18-10-6-5-9-17(18)2/h5-12H,3-4,15-16H2,1-2H3,(H,22,23). The first kappa shape index (κ1) is 16.8. The van der Waals surface area contributed by atoms with Gasteiger partial charge in [0.15, 0.2) is 0 Å². The molecule has 0 aliphatic heterocycles. The quantitative estimate of drug-likeness (QED) is 0.660. The zero-order chi connectivity index (χ0) is 16.5. The van der Waals surface area contributed by atoms with Crippen LogP contribution in [0.15, 0.2) is 48.5 Å². The van der Waals surface area contributed by atoms with Gasteiger partial charge in [-0.25, -0.2) is 0 Å². The highest BCUT2D eigenvalue weighted by Crippen LogP contribution is 2.10. The van der Waals surface area contributed by atoms with Crippen molar-refractivity contribution in [3.63, 3.8) is 0 Å². The molecule has 118 valence electrons. The molecular formula is C21H23NO. The van der Waals surface area contributed by atoms with E-state index in [0.717, 1.165) is 41.6 Å². The van der Waals surface area contributed by atoms with Crippen molar-refractivity contribution in [3.05, 3.63) is 70.8 Å². The zero-order valence-electron chi connectivity index (χ0n) is 13.9. The molecule has 2 nitrogen and oxygen atoms in total. The van der Waals surface area contributed by atoms with Gasteiger partial charge in [0.2, 0.25) is 5.91 Å². The van der Waals surface area contributed by atoms with Crippen LogP contribution >= 0.6 is 0 Å². The Balaban J connectivity index is 2.12. The summed E-state index contributed by atoms with van der Waals surface area (Å²) >= 11 is 0. The third-order valence-electron chi connectivity index (χ3n) is 3.70. The average molecular weight is 305 g/mol. The number of nitrogens with one attached hydrogen (secondary N) is 1. The molecule has 2 rings (SSSR count). The van der Waals surface area contributed by atoms with Crippen molar-refractivity contribution in [2.45, 2.75) is 33.1 Å². The third-order valence-corrected chi connectivity index (χ3v) is 3.70. The van der Waals surface area contributed by atoms with Crippen LogP contribution in [0, 0.1) is 18.8 Å². The molecule has 2 aromatic carbocycles. The van der Waals surface area contributed by atoms with E-state index in [0.29, 0.717) is 6.42 Å². The monoisotopic (exact) mass is 305 g/mol. The Morgan fingerprint density at radius 1 is 1.00 bits per heavy atom. The van der Waals surface area contributed by atoms with Gasteiger partial charge in [-0.05, 0) is 36.6 Å². The molecule has 0 aliphatic carbocycles. The number of aryl methyl sites for hydroxylation is 1. The third kappa shape index (κ3) is 5.30. The van der Waals surface area contributed by atoms with Gasteiger partial charge in [-0.3, -0.25) is 4.79 Å². The second-order valence-electron chi connectivity index (χ2n) is 5.60. The van der Waals surface area contributed by atoms with Crippen LogP contribution in [0.3, 0.4) is 0 Å². The SMILES string of the molecule is CCCCNC(=O)Cc1ccccc1C#Cc1ccccc1C. The number of hydrogen-bond acceptors (Lipinski definition) is 1. The van der Waals surface area contributed by atoms with Gasteiger partial charge in [0.25, 0.3) is 0 Å². The van der Waals surface area contributed by atoms with Crippen LogP contribution in [0.2, 0.25) is 0 Å². The number of amides is 1. The zero-order valence-corrected chi connectivity index (χ0v) is 13.9. The summed E-state index contributed by atoms with van der Waals surface area (Å²) in [5, 5.41) is 2.96. The maximum absolute atomic E-state index is 12.0. The lowest BCUT2D eigenvalue weighted by Crippen LogP contribution is -2.26. The summed E-state index contributed by atoms with van der Waals surface area (Å²) in [7, 11) is 0. The molecule has 0 fully saturated rings. The second-order valence-corrected chi connectivity index (χ2v) is 5.60. The van der Waals surface area contributed by atoms with Crippen molar-refractivity contribution in [3.8, 4) is 11.8 Å². The van der Waals surface area contributed by atoms with Crippen LogP contribution in [0.5, 0.6) is 0 Å². The van der Waals surface area contributed by atoms with E-state index in [1.807, 2.05) is 42.5 Å². The number of hydrogen-bond donors (Lipinski definition) is 1. The van der Waals surface area contributed by atoms with Crippen molar-refractivity contribution < 1.29 is 4.79 Å². The molecule has 1 amide bonds. The molecule has 0 bridgehead atoms. The van der Waals surface area contributed by atoms with Gasteiger partial charge >= 0.3 is 0 Å². The lowest BCUT2D eigenvalue weighted by Gasteiger charge is -2.06. The van der Waals surface area contributed by atoms with Crippen molar-refractivity contribution in [1.29, 1.82) is 0 Å². The maximum atomic E-state index is 12.0. The first-order valence-electron chi connectivity index (χ1n) is 8.13. The lowest BCUT2D eigenvalue weighted by atomic mass is 10.0. The summed E-state index contributed by atoms with van der Waals surface area (Å²) in [6.07, 6.45) is 2.47. The number of unbranched alkanes of at least 4 members (excludes halogenated alkanes) is 1. The summed E-state index contributed by atoms with van der Waals surface area (Å²) in [6, 6.07) is 15.9. The first-order chi connectivity index (χ1) is 11.2. The minimum absolute atomic E-state index is 0.0589. The van der Waals surface area contributed by atoms with Crippen molar-refractivity contribution in [2.75, 3.05) is 6.54 Å². The molecule has 0 atom stereocenters. The van der Waals surface area contributed by atoms with Crippen molar-refractivity contribution in [1.82, 2.24) is 5.32 Å². The average Bonchev–Trinajstić information content (AvgIpc) is 2.55. The fourth-order valence-electron chi connectivity index (χ4n) is 2.28. The Labute approximate surface area is 138 Å². The Hall–Kier alpha value is -2.53. The van der Waals surface area contributed by atoms with Crippen LogP contribution in [-0.4, -0.2) is 12.5 Å². The van der Waals surface area contributed by atoms with Gasteiger partial charge in [-0.2, -0.15) is 0 Å². The smallest absolute Gasteiger partial charge is 0.224 e. The molecule has 23 heavy (non-hydrogen) atoms. The fourth-order valence-corrected chi connectivity index (χ4v) is 2.28. The van der Waals surface area contributed by atoms with E-state index in [9.17, 15) is 4.79 Å². The highest BCUT2D eigenvalue weighted by molar-refractivity contribution is 5.79. The normalized spacial score (nSPS) is 9.83. The first-order valence-corrected chi connectivity index (χ1v) is 8.13. The van der Waals surface area contributed by atoms with Crippen LogP contribution < -0.4 is 5.32 Å². The van der Waals surface area contributed by atoms with Gasteiger partial charge in [0.05, 0.1) is 6.42 Å². The molecular weight excluding hydrogens is 282 g/mol. The highest BCUT2D eigenvalue weighted by atomic mass is 16.1. The molecule has 0 aromatic heterocycles. The van der Waals surface area contributed by atoms with E-state index < -0.39 is 0 Å². The number of carbonyl (C=O) groups is 1. The Morgan fingerprint density at radius 3 is 2.39 bits per heavy atom. The Bertz CT molecular complexity index is 722. The lowest BCUT2D eigenvalue weighted by molar-refractivity contribution is -0.120. The largest absolute Gasteiger partial charge is 0.356 e. The van der Waals surface area contributed by atoms with E-state index >= 15 is 0 Å². The second kappa shape index (κ2) is 8.80. The van der Waals surface area contributed by atoms with E-state index in [1.165, 1.54) is 0 Å². The van der Waals surface area contributed by atoms with Crippen molar-refractivity contribution >= 4 is 5.91 Å². The molecule has 0 spiro atoms. The number of benzene rings is 2. The van der Waals surface area contributed by atoms with Gasteiger partial charge in [0, 0.05) is 17.7 Å². The molecule has 0 unspecified atom stereocenters. The topological polar surface area (TPSA) is 29.1 Å². The molecule has 0 saturated carbocycles. The molecule has 2 aromatic rings. The molecule has 0 aliphatic rings. The predicted octanol–water partition coefficient (Wildman–Crippen LogP) is 3.85. The van der Waals surface area contributed by atoms with Crippen LogP contribution in [0.1, 0.15) is 42.0 Å². The van der Waals surface area contributed by atoms with E-state index in [-0.39, 0.29) is 5.91 Å². The summed E-state index contributed by atoms with van der Waals surface area (Å²) in [5.41, 5.74) is 4.08. The molecule has 0 radical (unpaired) electrons. The molecule has 2 heteroatoms. The molecule has 1 N–H and O–H groups in total. The minimum Gasteiger partial charge on any atom is -0.356 e. The van der Waals surface area contributed by atoms with Crippen LogP contribution in [0.4, 0.5) is 0 Å². The predicted molar refractivity (Wildman–Crippen MR) is 95.2 cm³/mol. The number of rotatable bonds is 5. The summed E-state index contributed by atoms with van der Waals surface area (Å²) in [5.74, 6) is 6.49.